The van der Waals surface area contributed by atoms with Crippen molar-refractivity contribution in [1.29, 1.82) is 0 Å². The average molecular weight is 303 g/mol. The Morgan fingerprint density at radius 2 is 1.95 bits per heavy atom. The number of furan rings is 1. The smallest absolute Gasteiger partial charge is 0.323 e. The van der Waals surface area contributed by atoms with Crippen molar-refractivity contribution in [1.82, 2.24) is 4.90 Å². The number of carboxylic acids is 1. The van der Waals surface area contributed by atoms with Gasteiger partial charge in [0.05, 0.1) is 0 Å². The summed E-state index contributed by atoms with van der Waals surface area (Å²) in [6.07, 6.45) is 0. The fourth-order valence-electron chi connectivity index (χ4n) is 2.56. The maximum absolute atomic E-state index is 12.7. The van der Waals surface area contributed by atoms with E-state index in [0.29, 0.717) is 12.1 Å². The molecule has 118 valence electrons. The first-order chi connectivity index (χ1) is 10.3. The molecule has 0 unspecified atom stereocenters. The molecule has 0 fully saturated rings. The van der Waals surface area contributed by atoms with Crippen LogP contribution < -0.4 is 0 Å². The summed E-state index contributed by atoms with van der Waals surface area (Å²) in [5.41, 5.74) is 2.39. The van der Waals surface area contributed by atoms with Gasteiger partial charge in [-0.1, -0.05) is 32.0 Å². The van der Waals surface area contributed by atoms with E-state index in [-0.39, 0.29) is 24.1 Å². The van der Waals surface area contributed by atoms with Crippen LogP contribution in [0.4, 0.5) is 0 Å². The number of hydrogen-bond donors (Lipinski definition) is 1. The molecule has 1 amide bonds. The predicted molar refractivity (Wildman–Crippen MR) is 84.1 cm³/mol. The molecule has 5 nitrogen and oxygen atoms in total. The molecule has 0 aliphatic heterocycles. The number of fused-ring (bicyclic) bond motifs is 1. The molecule has 5 heteroatoms. The normalized spacial score (nSPS) is 11.1. The van der Waals surface area contributed by atoms with Gasteiger partial charge in [-0.2, -0.15) is 0 Å². The fraction of sp³-hybridized carbons (Fsp3) is 0.412. The number of aliphatic carboxylic acids is 1. The summed E-state index contributed by atoms with van der Waals surface area (Å²) in [4.78, 5) is 25.0. The molecular formula is C17H21NO4. The lowest BCUT2D eigenvalue weighted by Crippen LogP contribution is -2.38. The van der Waals surface area contributed by atoms with Crippen molar-refractivity contribution in [3.8, 4) is 0 Å². The van der Waals surface area contributed by atoms with Crippen molar-refractivity contribution < 1.29 is 19.1 Å². The lowest BCUT2D eigenvalue weighted by atomic mass is 10.1. The first-order valence-electron chi connectivity index (χ1n) is 7.31. The highest BCUT2D eigenvalue weighted by Crippen LogP contribution is 2.28. The number of carbonyl (C=O) groups is 2. The molecule has 0 atom stereocenters. The molecule has 1 aromatic carbocycles. The lowest BCUT2D eigenvalue weighted by Gasteiger charge is -2.21. The van der Waals surface area contributed by atoms with Crippen LogP contribution in [0.3, 0.4) is 0 Å². The zero-order valence-corrected chi connectivity index (χ0v) is 13.3. The molecule has 0 spiro atoms. The highest BCUT2D eigenvalue weighted by Gasteiger charge is 2.25. The summed E-state index contributed by atoms with van der Waals surface area (Å²) >= 11 is 0. The number of carbonyl (C=O) groups excluding carboxylic acids is 1. The van der Waals surface area contributed by atoms with Gasteiger partial charge < -0.3 is 14.4 Å². The molecule has 0 aliphatic rings. The maximum atomic E-state index is 12.7. The highest BCUT2D eigenvalue weighted by molar-refractivity contribution is 6.00. The van der Waals surface area contributed by atoms with Gasteiger partial charge in [0.1, 0.15) is 12.1 Å². The van der Waals surface area contributed by atoms with Crippen LogP contribution >= 0.6 is 0 Å². The Morgan fingerprint density at radius 1 is 1.27 bits per heavy atom. The van der Waals surface area contributed by atoms with E-state index in [1.165, 1.54) is 4.90 Å². The van der Waals surface area contributed by atoms with Crippen molar-refractivity contribution in [2.75, 3.05) is 13.1 Å². The van der Waals surface area contributed by atoms with Crippen LogP contribution in [0, 0.1) is 19.8 Å². The largest absolute Gasteiger partial charge is 0.480 e. The minimum absolute atomic E-state index is 0.176. The third kappa shape index (κ3) is 3.13. The van der Waals surface area contributed by atoms with Crippen LogP contribution in [0.15, 0.2) is 22.6 Å². The van der Waals surface area contributed by atoms with E-state index in [0.717, 1.165) is 16.5 Å². The molecule has 0 aliphatic carbocycles. The number of rotatable bonds is 5. The van der Waals surface area contributed by atoms with Crippen LogP contribution in [0.2, 0.25) is 0 Å². The Kier molecular flexibility index (Phi) is 4.54. The number of nitrogens with zero attached hydrogens (tertiary/aromatic N) is 1. The van der Waals surface area contributed by atoms with Gasteiger partial charge in [0.2, 0.25) is 0 Å². The monoisotopic (exact) mass is 303 g/mol. The second-order valence-electron chi connectivity index (χ2n) is 5.98. The van der Waals surface area contributed by atoms with E-state index in [1.807, 2.05) is 45.9 Å². The SMILES string of the molecule is Cc1c(C(=O)N(CC(=O)O)CC(C)C)oc2c(C)cccc12. The summed E-state index contributed by atoms with van der Waals surface area (Å²) in [6, 6.07) is 5.74. The Hall–Kier alpha value is -2.30. The summed E-state index contributed by atoms with van der Waals surface area (Å²) in [5, 5.41) is 9.91. The maximum Gasteiger partial charge on any atom is 0.323 e. The Bertz CT molecular complexity index is 715. The molecule has 1 heterocycles. The van der Waals surface area contributed by atoms with Gasteiger partial charge in [0.25, 0.3) is 5.91 Å². The predicted octanol–water partition coefficient (Wildman–Crippen LogP) is 3.23. The van der Waals surface area contributed by atoms with E-state index in [2.05, 4.69) is 0 Å². The van der Waals surface area contributed by atoms with E-state index in [1.54, 1.807) is 0 Å². The lowest BCUT2D eigenvalue weighted by molar-refractivity contribution is -0.137. The zero-order chi connectivity index (χ0) is 16.4. The second-order valence-corrected chi connectivity index (χ2v) is 5.98. The molecule has 1 aromatic heterocycles. The van der Waals surface area contributed by atoms with Crippen molar-refractivity contribution >= 4 is 22.8 Å². The first kappa shape index (κ1) is 16.1. The summed E-state index contributed by atoms with van der Waals surface area (Å²) in [5.74, 6) is -0.996. The van der Waals surface area contributed by atoms with Crippen molar-refractivity contribution in [3.63, 3.8) is 0 Å². The molecule has 0 bridgehead atoms. The number of benzene rings is 1. The quantitative estimate of drug-likeness (QED) is 0.920. The van der Waals surface area contributed by atoms with E-state index in [9.17, 15) is 9.59 Å². The van der Waals surface area contributed by atoms with Gasteiger partial charge in [-0.15, -0.1) is 0 Å². The molecule has 2 rings (SSSR count). The third-order valence-corrected chi connectivity index (χ3v) is 3.55. The molecule has 0 saturated heterocycles. The molecule has 22 heavy (non-hydrogen) atoms. The molecule has 1 N–H and O–H groups in total. The zero-order valence-electron chi connectivity index (χ0n) is 13.3. The van der Waals surface area contributed by atoms with Crippen molar-refractivity contribution in [3.05, 3.63) is 35.1 Å². The van der Waals surface area contributed by atoms with Crippen molar-refractivity contribution in [2.45, 2.75) is 27.7 Å². The Morgan fingerprint density at radius 3 is 2.50 bits per heavy atom. The molecule has 2 aromatic rings. The van der Waals surface area contributed by atoms with E-state index < -0.39 is 5.97 Å². The third-order valence-electron chi connectivity index (χ3n) is 3.55. The van der Waals surface area contributed by atoms with Gasteiger partial charge in [-0.05, 0) is 25.3 Å². The minimum atomic E-state index is -1.03. The van der Waals surface area contributed by atoms with Crippen LogP contribution in [0.5, 0.6) is 0 Å². The molecule has 0 saturated carbocycles. The van der Waals surface area contributed by atoms with E-state index >= 15 is 0 Å². The average Bonchev–Trinajstić information content (AvgIpc) is 2.75. The first-order valence-corrected chi connectivity index (χ1v) is 7.31. The topological polar surface area (TPSA) is 70.8 Å². The van der Waals surface area contributed by atoms with Gasteiger partial charge in [-0.25, -0.2) is 0 Å². The van der Waals surface area contributed by atoms with Crippen LogP contribution in [0.25, 0.3) is 11.0 Å². The summed E-state index contributed by atoms with van der Waals surface area (Å²) in [6.45, 7) is 7.68. The van der Waals surface area contributed by atoms with Gasteiger partial charge in [0, 0.05) is 17.5 Å². The Labute approximate surface area is 129 Å². The number of amides is 1. The second kappa shape index (κ2) is 6.22. The van der Waals surface area contributed by atoms with Crippen LogP contribution in [-0.2, 0) is 4.79 Å². The standard InChI is InChI=1S/C17H21NO4/c1-10(2)8-18(9-14(19)20)17(21)16-12(4)13-7-5-6-11(3)15(13)22-16/h5-7,10H,8-9H2,1-4H3,(H,19,20). The molecule has 0 radical (unpaired) electrons. The van der Waals surface area contributed by atoms with Crippen molar-refractivity contribution in [2.24, 2.45) is 5.92 Å². The van der Waals surface area contributed by atoms with E-state index in [4.69, 9.17) is 9.52 Å². The number of aryl methyl sites for hydroxylation is 2. The van der Waals surface area contributed by atoms with Gasteiger partial charge in [-0.3, -0.25) is 9.59 Å². The number of hydrogen-bond acceptors (Lipinski definition) is 3. The van der Waals surface area contributed by atoms with Crippen LogP contribution in [0.1, 0.15) is 35.5 Å². The number of carboxylic acid groups (broad SMARTS) is 1. The summed E-state index contributed by atoms with van der Waals surface area (Å²) in [7, 11) is 0. The number of para-hydroxylation sites is 1. The highest BCUT2D eigenvalue weighted by atomic mass is 16.4. The van der Waals surface area contributed by atoms with Crippen LogP contribution in [-0.4, -0.2) is 35.0 Å². The summed E-state index contributed by atoms with van der Waals surface area (Å²) < 4.78 is 5.75. The Balaban J connectivity index is 2.44. The fourth-order valence-corrected chi connectivity index (χ4v) is 2.56. The molecular weight excluding hydrogens is 282 g/mol. The van der Waals surface area contributed by atoms with Gasteiger partial charge >= 0.3 is 5.97 Å². The minimum Gasteiger partial charge on any atom is -0.480 e. The van der Waals surface area contributed by atoms with Gasteiger partial charge in [0.15, 0.2) is 5.76 Å².